The highest BCUT2D eigenvalue weighted by Gasteiger charge is 2.27. The van der Waals surface area contributed by atoms with Gasteiger partial charge in [0.1, 0.15) is 34.2 Å². The number of nitrogens with one attached hydrogen (secondary N) is 4. The first-order valence-electron chi connectivity index (χ1n) is 16.2. The van der Waals surface area contributed by atoms with Crippen LogP contribution in [0, 0.1) is 0 Å². The lowest BCUT2D eigenvalue weighted by Crippen LogP contribution is -2.48. The number of carbonyl (C=O) groups is 3. The second-order valence-corrected chi connectivity index (χ2v) is 12.2. The highest BCUT2D eigenvalue weighted by Crippen LogP contribution is 2.37. The van der Waals surface area contributed by atoms with Crippen LogP contribution in [0.15, 0.2) is 68.6 Å². The zero-order valence-electron chi connectivity index (χ0n) is 28.7. The van der Waals surface area contributed by atoms with Gasteiger partial charge in [0.15, 0.2) is 23.1 Å². The van der Waals surface area contributed by atoms with Gasteiger partial charge >= 0.3 is 11.9 Å². The fraction of sp³-hybridized carbons (Fsp3) is 0.200. The summed E-state index contributed by atoms with van der Waals surface area (Å²) >= 11 is 0. The highest BCUT2D eigenvalue weighted by atomic mass is 16.4. The van der Waals surface area contributed by atoms with Crippen molar-refractivity contribution in [3.8, 4) is 40.1 Å². The van der Waals surface area contributed by atoms with Gasteiger partial charge in [-0.2, -0.15) is 4.98 Å². The molecule has 0 spiro atoms. The maximum absolute atomic E-state index is 12.3. The molecule has 20 heteroatoms. The van der Waals surface area contributed by atoms with E-state index in [1.807, 2.05) is 4.90 Å². The van der Waals surface area contributed by atoms with E-state index in [9.17, 15) is 54.6 Å². The number of aromatic nitrogens is 2. The minimum Gasteiger partial charge on any atom is -0.508 e. The van der Waals surface area contributed by atoms with E-state index in [4.69, 9.17) is 15.3 Å². The zero-order chi connectivity index (χ0) is 40.1. The molecule has 0 saturated heterocycles. The van der Waals surface area contributed by atoms with Crippen LogP contribution in [-0.2, 0) is 9.59 Å². The number of aromatic hydroxyl groups is 5. The van der Waals surface area contributed by atoms with Crippen molar-refractivity contribution in [1.29, 1.82) is 0 Å². The zero-order valence-corrected chi connectivity index (χ0v) is 28.7. The fourth-order valence-electron chi connectivity index (χ4n) is 5.56. The molecule has 2 aromatic heterocycles. The Morgan fingerprint density at radius 1 is 0.982 bits per heavy atom. The van der Waals surface area contributed by atoms with Crippen LogP contribution in [0.2, 0.25) is 0 Å². The van der Waals surface area contributed by atoms with E-state index < -0.39 is 46.6 Å². The standard InChI is InChI=1S/C20H25N7O6.C15H10O7/c1-27-12(9-23-16-15(27)18(31)26-20(21)25-16)8-22-11-4-2-10(3-5-11)17(30)24-13(19(32)33)6-7-14(28)29;16-7-4-10(19)12-11(5-7)22-15(14(21)13(12)20)6-1-2-8(17)9(18)3-6/h2-5,12-13,22H,6-9H2,1H3,(H,24,30)(H,28,29)(H,32,33)(H4,21,23,25,26,31);1-5,16-19,21H/t12?,13-;/m0./s1. The minimum absolute atomic E-state index is 0.0388. The van der Waals surface area contributed by atoms with Gasteiger partial charge in [0.05, 0.1) is 6.04 Å². The minimum atomic E-state index is -1.30. The summed E-state index contributed by atoms with van der Waals surface area (Å²) in [5.41, 5.74) is 5.70. The van der Waals surface area contributed by atoms with Gasteiger partial charge in [-0.15, -0.1) is 0 Å². The third kappa shape index (κ3) is 8.71. The molecular weight excluding hydrogens is 726 g/mol. The smallest absolute Gasteiger partial charge is 0.326 e. The number of H-pyrrole nitrogens is 1. The molecule has 1 aliphatic rings. The number of carboxylic acids is 2. The van der Waals surface area contributed by atoms with Crippen LogP contribution >= 0.6 is 0 Å². The van der Waals surface area contributed by atoms with E-state index >= 15 is 0 Å². The van der Waals surface area contributed by atoms with Gasteiger partial charge in [-0.1, -0.05) is 0 Å². The number of likely N-dealkylation sites (N-methyl/N-ethyl adjacent to an activating group) is 1. The molecule has 0 fully saturated rings. The topological polar surface area (TPSA) is 334 Å². The van der Waals surface area contributed by atoms with Crippen molar-refractivity contribution in [2.24, 2.45) is 0 Å². The summed E-state index contributed by atoms with van der Waals surface area (Å²) in [6, 6.07) is 10.7. The van der Waals surface area contributed by atoms with Gasteiger partial charge < -0.3 is 66.7 Å². The first-order valence-corrected chi connectivity index (χ1v) is 16.2. The number of hydrogen-bond donors (Lipinski definition) is 12. The lowest BCUT2D eigenvalue weighted by Gasteiger charge is -2.35. The summed E-state index contributed by atoms with van der Waals surface area (Å²) < 4.78 is 5.35. The maximum atomic E-state index is 12.3. The summed E-state index contributed by atoms with van der Waals surface area (Å²) in [6.45, 7) is 1.01. The maximum Gasteiger partial charge on any atom is 0.326 e. The molecule has 1 unspecified atom stereocenters. The highest BCUT2D eigenvalue weighted by molar-refractivity contribution is 5.97. The van der Waals surface area contributed by atoms with Crippen molar-refractivity contribution >= 4 is 52.0 Å². The lowest BCUT2D eigenvalue weighted by atomic mass is 10.1. The van der Waals surface area contributed by atoms with Crippen molar-refractivity contribution < 1.29 is 54.5 Å². The van der Waals surface area contributed by atoms with Crippen molar-refractivity contribution in [3.05, 3.63) is 80.7 Å². The number of hydrogen-bond acceptors (Lipinski definition) is 16. The van der Waals surface area contributed by atoms with E-state index in [2.05, 4.69) is 25.9 Å². The molecule has 0 saturated carbocycles. The Morgan fingerprint density at radius 3 is 2.35 bits per heavy atom. The normalized spacial score (nSPS) is 13.8. The van der Waals surface area contributed by atoms with Crippen LogP contribution in [0.4, 0.5) is 23.1 Å². The number of aliphatic carboxylic acids is 2. The summed E-state index contributed by atoms with van der Waals surface area (Å²) in [7, 11) is 1.79. The Balaban J connectivity index is 0.000000228. The number of nitrogen functional groups attached to an aromatic ring is 1. The largest absolute Gasteiger partial charge is 0.508 e. The quantitative estimate of drug-likeness (QED) is 0.0901. The summed E-state index contributed by atoms with van der Waals surface area (Å²) in [5, 5.41) is 74.2. The second kappa shape index (κ2) is 15.9. The number of phenols is 4. The van der Waals surface area contributed by atoms with E-state index in [0.29, 0.717) is 24.6 Å². The predicted octanol–water partition coefficient (Wildman–Crippen LogP) is 1.73. The molecule has 0 radical (unpaired) electrons. The fourth-order valence-corrected chi connectivity index (χ4v) is 5.56. The molecule has 55 heavy (non-hydrogen) atoms. The average molecular weight is 762 g/mol. The van der Waals surface area contributed by atoms with E-state index in [-0.39, 0.29) is 69.7 Å². The summed E-state index contributed by atoms with van der Waals surface area (Å²) in [4.78, 5) is 67.0. The molecule has 3 heterocycles. The Morgan fingerprint density at radius 2 is 1.69 bits per heavy atom. The number of nitrogens with zero attached hydrogens (tertiary/aromatic N) is 2. The van der Waals surface area contributed by atoms with Crippen LogP contribution in [0.3, 0.4) is 0 Å². The number of nitrogens with two attached hydrogens (primary N) is 1. The van der Waals surface area contributed by atoms with Crippen LogP contribution in [0.25, 0.3) is 22.3 Å². The van der Waals surface area contributed by atoms with Crippen molar-refractivity contribution in [2.75, 3.05) is 41.4 Å². The molecule has 0 bridgehead atoms. The van der Waals surface area contributed by atoms with E-state index in [0.717, 1.165) is 30.0 Å². The molecule has 0 aliphatic carbocycles. The van der Waals surface area contributed by atoms with Gasteiger partial charge in [0.25, 0.3) is 11.5 Å². The number of carboxylic acid groups (broad SMARTS) is 2. The molecule has 288 valence electrons. The van der Waals surface area contributed by atoms with Crippen LogP contribution in [-0.4, -0.2) is 95.8 Å². The van der Waals surface area contributed by atoms with Crippen molar-refractivity contribution in [1.82, 2.24) is 15.3 Å². The van der Waals surface area contributed by atoms with Gasteiger partial charge in [-0.3, -0.25) is 24.2 Å². The first kappa shape index (κ1) is 38.6. The molecule has 2 atom stereocenters. The van der Waals surface area contributed by atoms with Gasteiger partial charge in [-0.05, 0) is 48.9 Å². The predicted molar refractivity (Wildman–Crippen MR) is 197 cm³/mol. The molecule has 3 aromatic carbocycles. The first-order chi connectivity index (χ1) is 26.0. The average Bonchev–Trinajstić information content (AvgIpc) is 3.12. The van der Waals surface area contributed by atoms with Crippen LogP contribution in [0.1, 0.15) is 23.2 Å². The Kier molecular flexibility index (Phi) is 11.2. The number of anilines is 4. The number of carbonyl (C=O) groups excluding carboxylic acids is 1. The Hall–Kier alpha value is -7.64. The molecule has 6 rings (SSSR count). The van der Waals surface area contributed by atoms with Gasteiger partial charge in [-0.25, -0.2) is 4.79 Å². The van der Waals surface area contributed by atoms with Crippen LogP contribution in [0.5, 0.6) is 28.7 Å². The molecule has 20 nitrogen and oxygen atoms in total. The molecule has 5 aromatic rings. The molecule has 1 aliphatic heterocycles. The summed E-state index contributed by atoms with van der Waals surface area (Å²) in [5.74, 6) is -5.30. The SMILES string of the molecule is CN1c2c(nc(N)[nH]c2=O)NCC1CNc1ccc(C(=O)N[C@@H](CCC(=O)O)C(=O)O)cc1.O=c1c(O)c(-c2ccc(O)c(O)c2)oc2cc(O)cc(O)c12. The number of amides is 1. The number of phenolic OH excluding ortho intramolecular Hbond substituents is 4. The number of rotatable bonds is 10. The number of benzene rings is 3. The Labute approximate surface area is 308 Å². The van der Waals surface area contributed by atoms with Gasteiger partial charge in [0.2, 0.25) is 17.1 Å². The van der Waals surface area contributed by atoms with Gasteiger partial charge in [0, 0.05) is 55.5 Å². The van der Waals surface area contributed by atoms with Crippen molar-refractivity contribution in [2.45, 2.75) is 24.9 Å². The van der Waals surface area contributed by atoms with Crippen LogP contribution < -0.4 is 37.6 Å². The molecule has 13 N–H and O–H groups in total. The van der Waals surface area contributed by atoms with Crippen molar-refractivity contribution in [3.63, 3.8) is 0 Å². The lowest BCUT2D eigenvalue weighted by molar-refractivity contribution is -0.140. The summed E-state index contributed by atoms with van der Waals surface area (Å²) in [6.07, 6.45) is -0.586. The van der Waals surface area contributed by atoms with E-state index in [1.165, 1.54) is 18.2 Å². The molecular formula is C35H35N7O13. The molecule has 1 amide bonds. The Bertz CT molecular complexity index is 2400. The number of aromatic amines is 1. The second-order valence-electron chi connectivity index (χ2n) is 12.2. The monoisotopic (exact) mass is 761 g/mol. The number of fused-ring (bicyclic) bond motifs is 2. The van der Waals surface area contributed by atoms with E-state index in [1.54, 1.807) is 19.2 Å². The third-order valence-corrected chi connectivity index (χ3v) is 8.43. The third-order valence-electron chi connectivity index (χ3n) is 8.43.